The Morgan fingerprint density at radius 1 is 1.29 bits per heavy atom. The summed E-state index contributed by atoms with van der Waals surface area (Å²) in [5.41, 5.74) is -0.418. The van der Waals surface area contributed by atoms with Gasteiger partial charge >= 0.3 is 0 Å². The number of nitrogens with zero attached hydrogens (tertiary/aromatic N) is 1. The minimum atomic E-state index is -1.63. The molecule has 0 aromatic heterocycles. The van der Waals surface area contributed by atoms with Gasteiger partial charge in [0, 0.05) is 5.56 Å². The summed E-state index contributed by atoms with van der Waals surface area (Å²) in [4.78, 5) is 13.9. The molecular formula is C8H2F3NOS. The summed E-state index contributed by atoms with van der Waals surface area (Å²) in [7, 11) is 0. The van der Waals surface area contributed by atoms with Crippen molar-refractivity contribution in [3.05, 3.63) is 35.1 Å². The summed E-state index contributed by atoms with van der Waals surface area (Å²) in [5.74, 6) is -5.51. The van der Waals surface area contributed by atoms with Gasteiger partial charge in [-0.05, 0) is 24.4 Å². The fourth-order valence-electron chi connectivity index (χ4n) is 0.785. The summed E-state index contributed by atoms with van der Waals surface area (Å²) in [5, 5.41) is 1.74. The molecule has 0 aliphatic rings. The van der Waals surface area contributed by atoms with E-state index >= 15 is 0 Å². The summed E-state index contributed by atoms with van der Waals surface area (Å²) >= 11 is 4.12. The first-order valence-corrected chi connectivity index (χ1v) is 3.74. The van der Waals surface area contributed by atoms with Crippen LogP contribution >= 0.6 is 12.2 Å². The van der Waals surface area contributed by atoms with E-state index in [4.69, 9.17) is 0 Å². The number of hydrogen-bond acceptors (Lipinski definition) is 2. The van der Waals surface area contributed by atoms with Crippen molar-refractivity contribution in [1.29, 1.82) is 0 Å². The second kappa shape index (κ2) is 4.13. The summed E-state index contributed by atoms with van der Waals surface area (Å²) in [6, 6.07) is 1.08. The van der Waals surface area contributed by atoms with Gasteiger partial charge in [0.1, 0.15) is 0 Å². The third-order valence-electron chi connectivity index (χ3n) is 1.38. The second-order valence-electron chi connectivity index (χ2n) is 2.26. The molecule has 0 aliphatic carbocycles. The largest absolute Gasteiger partial charge is 0.286 e. The standard InChI is InChI=1S/C8H2F3NOS/c9-5-1-4(8(13)12-3-14)2-6(10)7(5)11/h1-2H. The predicted molar refractivity (Wildman–Crippen MR) is 45.7 cm³/mol. The third-order valence-corrected chi connectivity index (χ3v) is 1.47. The molecule has 0 atom stereocenters. The van der Waals surface area contributed by atoms with Crippen LogP contribution in [0.2, 0.25) is 0 Å². The van der Waals surface area contributed by atoms with E-state index in [-0.39, 0.29) is 0 Å². The molecule has 1 rings (SSSR count). The molecule has 0 aliphatic heterocycles. The van der Waals surface area contributed by atoms with Crippen molar-refractivity contribution in [2.24, 2.45) is 4.99 Å². The Morgan fingerprint density at radius 2 is 1.79 bits per heavy atom. The molecular weight excluding hydrogens is 215 g/mol. The van der Waals surface area contributed by atoms with E-state index in [1.165, 1.54) is 0 Å². The van der Waals surface area contributed by atoms with Crippen molar-refractivity contribution in [2.75, 3.05) is 0 Å². The van der Waals surface area contributed by atoms with Crippen LogP contribution < -0.4 is 0 Å². The van der Waals surface area contributed by atoms with Gasteiger partial charge < -0.3 is 0 Å². The van der Waals surface area contributed by atoms with Crippen LogP contribution in [0.25, 0.3) is 0 Å². The van der Waals surface area contributed by atoms with E-state index in [9.17, 15) is 18.0 Å². The van der Waals surface area contributed by atoms with Crippen molar-refractivity contribution in [2.45, 2.75) is 0 Å². The van der Waals surface area contributed by atoms with Crippen LogP contribution in [-0.2, 0) is 0 Å². The van der Waals surface area contributed by atoms with Crippen molar-refractivity contribution in [3.8, 4) is 0 Å². The predicted octanol–water partition coefficient (Wildman–Crippen LogP) is 2.35. The molecule has 1 amide bonds. The molecule has 0 saturated carbocycles. The van der Waals surface area contributed by atoms with Gasteiger partial charge in [0.05, 0.1) is 5.16 Å². The van der Waals surface area contributed by atoms with Crippen LogP contribution in [0.4, 0.5) is 13.2 Å². The number of carbonyl (C=O) groups is 1. The molecule has 6 heteroatoms. The van der Waals surface area contributed by atoms with E-state index in [1.807, 2.05) is 0 Å². The van der Waals surface area contributed by atoms with Crippen molar-refractivity contribution in [3.63, 3.8) is 0 Å². The summed E-state index contributed by atoms with van der Waals surface area (Å²) in [6.07, 6.45) is 0. The van der Waals surface area contributed by atoms with Gasteiger partial charge in [0.25, 0.3) is 5.91 Å². The molecule has 0 N–H and O–H groups in total. The third kappa shape index (κ3) is 2.04. The quantitative estimate of drug-likeness (QED) is 0.410. The SMILES string of the molecule is O=C(N=C=S)c1cc(F)c(F)c(F)c1. The number of carbonyl (C=O) groups excluding carboxylic acids is 1. The lowest BCUT2D eigenvalue weighted by atomic mass is 10.2. The van der Waals surface area contributed by atoms with Crippen molar-refractivity contribution in [1.82, 2.24) is 0 Å². The Morgan fingerprint density at radius 3 is 2.21 bits per heavy atom. The average molecular weight is 217 g/mol. The zero-order chi connectivity index (χ0) is 10.7. The highest BCUT2D eigenvalue weighted by atomic mass is 32.1. The van der Waals surface area contributed by atoms with Gasteiger partial charge in [-0.2, -0.15) is 4.99 Å². The first kappa shape index (κ1) is 10.6. The highest BCUT2D eigenvalue weighted by molar-refractivity contribution is 7.78. The lowest BCUT2D eigenvalue weighted by Gasteiger charge is -1.97. The van der Waals surface area contributed by atoms with Crippen LogP contribution in [0.5, 0.6) is 0 Å². The van der Waals surface area contributed by atoms with Crippen LogP contribution in [0, 0.1) is 17.5 Å². The van der Waals surface area contributed by atoms with E-state index < -0.39 is 28.9 Å². The van der Waals surface area contributed by atoms with Gasteiger partial charge in [-0.3, -0.25) is 4.79 Å². The number of aliphatic imine (C=N–C) groups is 1. The lowest BCUT2D eigenvalue weighted by Crippen LogP contribution is -1.99. The first-order chi connectivity index (χ1) is 6.56. The van der Waals surface area contributed by atoms with E-state index in [1.54, 1.807) is 5.16 Å². The first-order valence-electron chi connectivity index (χ1n) is 3.33. The van der Waals surface area contributed by atoms with E-state index in [0.717, 1.165) is 0 Å². The lowest BCUT2D eigenvalue weighted by molar-refractivity contribution is 0.100. The molecule has 72 valence electrons. The van der Waals surface area contributed by atoms with Gasteiger partial charge in [-0.25, -0.2) is 13.2 Å². The van der Waals surface area contributed by atoms with Gasteiger partial charge in [0.2, 0.25) is 0 Å². The molecule has 0 saturated heterocycles. The van der Waals surface area contributed by atoms with Crippen LogP contribution in [0.1, 0.15) is 10.4 Å². The van der Waals surface area contributed by atoms with Crippen LogP contribution in [-0.4, -0.2) is 11.1 Å². The number of thiocarbonyl (C=S) groups is 1. The fraction of sp³-hybridized carbons (Fsp3) is 0. The molecule has 0 bridgehead atoms. The van der Waals surface area contributed by atoms with E-state index in [0.29, 0.717) is 12.1 Å². The average Bonchev–Trinajstić information content (AvgIpc) is 2.13. The Bertz CT molecular complexity index is 417. The zero-order valence-corrected chi connectivity index (χ0v) is 7.37. The molecule has 0 spiro atoms. The van der Waals surface area contributed by atoms with Crippen molar-refractivity contribution < 1.29 is 18.0 Å². The summed E-state index contributed by atoms with van der Waals surface area (Å²) < 4.78 is 37.6. The number of rotatable bonds is 1. The maximum absolute atomic E-state index is 12.6. The smallest absolute Gasteiger partial charge is 0.266 e. The highest BCUT2D eigenvalue weighted by Crippen LogP contribution is 2.14. The van der Waals surface area contributed by atoms with Crippen LogP contribution in [0.15, 0.2) is 17.1 Å². The van der Waals surface area contributed by atoms with Gasteiger partial charge in [-0.15, -0.1) is 0 Å². The minimum absolute atomic E-state index is 0.418. The maximum atomic E-state index is 12.6. The molecule has 0 fully saturated rings. The second-order valence-corrected chi connectivity index (χ2v) is 2.44. The molecule has 2 nitrogen and oxygen atoms in total. The number of hydrogen-bond donors (Lipinski definition) is 0. The number of isothiocyanates is 1. The topological polar surface area (TPSA) is 29.4 Å². The Balaban J connectivity index is 3.25. The normalized spacial score (nSPS) is 9.36. The number of amides is 1. The molecule has 1 aromatic carbocycles. The Hall–Kier alpha value is -1.52. The highest BCUT2D eigenvalue weighted by Gasteiger charge is 2.14. The van der Waals surface area contributed by atoms with E-state index in [2.05, 4.69) is 17.2 Å². The maximum Gasteiger partial charge on any atom is 0.286 e. The van der Waals surface area contributed by atoms with Gasteiger partial charge in [-0.1, -0.05) is 0 Å². The molecule has 1 aromatic rings. The molecule has 0 heterocycles. The zero-order valence-electron chi connectivity index (χ0n) is 6.55. The number of benzene rings is 1. The van der Waals surface area contributed by atoms with Gasteiger partial charge in [0.15, 0.2) is 17.5 Å². The Kier molecular flexibility index (Phi) is 3.11. The molecule has 0 radical (unpaired) electrons. The molecule has 14 heavy (non-hydrogen) atoms. The monoisotopic (exact) mass is 217 g/mol. The van der Waals surface area contributed by atoms with Crippen LogP contribution in [0.3, 0.4) is 0 Å². The minimum Gasteiger partial charge on any atom is -0.266 e. The summed E-state index contributed by atoms with van der Waals surface area (Å²) in [6.45, 7) is 0. The molecule has 0 unspecified atom stereocenters. The number of halogens is 3. The van der Waals surface area contributed by atoms with Crippen molar-refractivity contribution >= 4 is 23.3 Å². The fourth-order valence-corrected chi connectivity index (χ4v) is 0.868. The Labute approximate surface area is 82.1 Å².